The Balaban J connectivity index is 2.11. The number of hydrogen-bond acceptors (Lipinski definition) is 6. The fraction of sp³-hybridized carbons (Fsp3) is 0.786. The molecular formula is C14H22O7. The normalized spacial score (nSPS) is 16.8. The number of rotatable bonds is 7. The average molecular weight is 302 g/mol. The molecule has 0 aromatic rings. The summed E-state index contributed by atoms with van der Waals surface area (Å²) in [5, 5.41) is 8.39. The minimum Gasteiger partial charge on any atom is -0.481 e. The van der Waals surface area contributed by atoms with Gasteiger partial charge in [-0.05, 0) is 12.3 Å². The van der Waals surface area contributed by atoms with Crippen molar-refractivity contribution in [2.75, 3.05) is 6.61 Å². The number of carboxylic acids is 1. The molecule has 1 aliphatic carbocycles. The first-order valence-corrected chi connectivity index (χ1v) is 7.22. The van der Waals surface area contributed by atoms with Gasteiger partial charge in [-0.15, -0.1) is 0 Å². The third-order valence-corrected chi connectivity index (χ3v) is 3.33. The first-order chi connectivity index (χ1) is 9.97. The lowest BCUT2D eigenvalue weighted by Gasteiger charge is -2.21. The zero-order chi connectivity index (χ0) is 15.7. The Hall–Kier alpha value is -1.79. The van der Waals surface area contributed by atoms with E-state index >= 15 is 0 Å². The zero-order valence-corrected chi connectivity index (χ0v) is 12.2. The number of ether oxygens (including phenoxy) is 3. The van der Waals surface area contributed by atoms with Crippen molar-refractivity contribution in [3.05, 3.63) is 0 Å². The van der Waals surface area contributed by atoms with E-state index in [1.54, 1.807) is 0 Å². The van der Waals surface area contributed by atoms with Crippen molar-refractivity contribution in [3.63, 3.8) is 0 Å². The van der Waals surface area contributed by atoms with Crippen molar-refractivity contribution in [1.29, 1.82) is 0 Å². The molecule has 1 atom stereocenters. The monoisotopic (exact) mass is 302 g/mol. The van der Waals surface area contributed by atoms with Gasteiger partial charge in [0.15, 0.2) is 0 Å². The number of aliphatic carboxylic acids is 1. The van der Waals surface area contributed by atoms with Crippen LogP contribution in [0.1, 0.15) is 51.9 Å². The van der Waals surface area contributed by atoms with Gasteiger partial charge in [0.25, 0.3) is 0 Å². The van der Waals surface area contributed by atoms with Gasteiger partial charge in [-0.2, -0.15) is 0 Å². The maximum atomic E-state index is 11.3. The van der Waals surface area contributed by atoms with Crippen LogP contribution < -0.4 is 0 Å². The minimum atomic E-state index is -1.30. The number of carboxylic acid groups (broad SMARTS) is 1. The summed E-state index contributed by atoms with van der Waals surface area (Å²) in [5.41, 5.74) is 0. The molecule has 1 aliphatic rings. The third-order valence-electron chi connectivity index (χ3n) is 3.33. The van der Waals surface area contributed by atoms with Crippen LogP contribution in [0.25, 0.3) is 0 Å². The molecule has 7 nitrogen and oxygen atoms in total. The lowest BCUT2D eigenvalue weighted by Crippen LogP contribution is -2.24. The molecule has 0 amide bonds. The Morgan fingerprint density at radius 3 is 2.43 bits per heavy atom. The molecular weight excluding hydrogens is 280 g/mol. The quantitative estimate of drug-likeness (QED) is 0.438. The fourth-order valence-electron chi connectivity index (χ4n) is 2.33. The fourth-order valence-corrected chi connectivity index (χ4v) is 2.33. The van der Waals surface area contributed by atoms with E-state index in [0.717, 1.165) is 6.42 Å². The van der Waals surface area contributed by atoms with Crippen molar-refractivity contribution < 1.29 is 33.7 Å². The highest BCUT2D eigenvalue weighted by molar-refractivity contribution is 5.90. The Bertz CT molecular complexity index is 360. The molecule has 21 heavy (non-hydrogen) atoms. The van der Waals surface area contributed by atoms with E-state index in [0.29, 0.717) is 5.92 Å². The molecule has 0 bridgehead atoms. The molecule has 1 rings (SSSR count). The predicted octanol–water partition coefficient (Wildman–Crippen LogP) is 2.47. The van der Waals surface area contributed by atoms with Gasteiger partial charge in [-0.1, -0.05) is 32.1 Å². The van der Waals surface area contributed by atoms with Crippen LogP contribution in [0.2, 0.25) is 0 Å². The van der Waals surface area contributed by atoms with Gasteiger partial charge in [0.1, 0.15) is 6.42 Å². The standard InChI is InChI=1S/C14H22O7/c1-10(20-13(17)9-12(15)16)21-14(18)19-8-7-11-5-3-2-4-6-11/h10-11H,2-9H2,1H3,(H,15,16). The Morgan fingerprint density at radius 2 is 1.81 bits per heavy atom. The smallest absolute Gasteiger partial charge is 0.481 e. The van der Waals surface area contributed by atoms with Gasteiger partial charge in [0.05, 0.1) is 6.61 Å². The molecule has 7 heteroatoms. The summed E-state index contributed by atoms with van der Waals surface area (Å²) < 4.78 is 14.2. The van der Waals surface area contributed by atoms with E-state index in [4.69, 9.17) is 14.6 Å². The average Bonchev–Trinajstić information content (AvgIpc) is 2.38. The summed E-state index contributed by atoms with van der Waals surface area (Å²) in [5.74, 6) is -1.68. The van der Waals surface area contributed by atoms with Gasteiger partial charge < -0.3 is 19.3 Å². The second kappa shape index (κ2) is 9.20. The lowest BCUT2D eigenvalue weighted by atomic mass is 9.87. The third kappa shape index (κ3) is 8.16. The van der Waals surface area contributed by atoms with Crippen molar-refractivity contribution in [3.8, 4) is 0 Å². The summed E-state index contributed by atoms with van der Waals surface area (Å²) >= 11 is 0. The van der Waals surface area contributed by atoms with Crippen LogP contribution >= 0.6 is 0 Å². The number of carbonyl (C=O) groups excluding carboxylic acids is 2. The van der Waals surface area contributed by atoms with Gasteiger partial charge in [0, 0.05) is 6.92 Å². The number of carbonyl (C=O) groups is 3. The van der Waals surface area contributed by atoms with E-state index in [-0.39, 0.29) is 6.61 Å². The number of esters is 1. The molecule has 0 radical (unpaired) electrons. The predicted molar refractivity (Wildman–Crippen MR) is 71.4 cm³/mol. The van der Waals surface area contributed by atoms with E-state index < -0.39 is 30.8 Å². The molecule has 0 heterocycles. The second-order valence-electron chi connectivity index (χ2n) is 5.14. The number of hydrogen-bond donors (Lipinski definition) is 1. The highest BCUT2D eigenvalue weighted by Crippen LogP contribution is 2.26. The van der Waals surface area contributed by atoms with E-state index in [1.807, 2.05) is 0 Å². The van der Waals surface area contributed by atoms with Gasteiger partial charge in [-0.3, -0.25) is 9.59 Å². The summed E-state index contributed by atoms with van der Waals surface area (Å²) in [6.07, 6.45) is 4.02. The van der Waals surface area contributed by atoms with Crippen molar-refractivity contribution in [2.24, 2.45) is 5.92 Å². The van der Waals surface area contributed by atoms with E-state index in [1.165, 1.54) is 39.0 Å². The molecule has 0 aromatic carbocycles. The highest BCUT2D eigenvalue weighted by Gasteiger charge is 2.18. The van der Waals surface area contributed by atoms with E-state index in [9.17, 15) is 14.4 Å². The molecule has 1 unspecified atom stereocenters. The molecule has 0 saturated heterocycles. The Labute approximate surface area is 123 Å². The summed E-state index contributed by atoms with van der Waals surface area (Å²) in [6, 6.07) is 0. The first kappa shape index (κ1) is 17.3. The molecule has 1 fully saturated rings. The van der Waals surface area contributed by atoms with E-state index in [2.05, 4.69) is 4.74 Å². The topological polar surface area (TPSA) is 99.1 Å². The molecule has 0 spiro atoms. The van der Waals surface area contributed by atoms with Crippen molar-refractivity contribution >= 4 is 18.1 Å². The largest absolute Gasteiger partial charge is 0.511 e. The van der Waals surface area contributed by atoms with Gasteiger partial charge in [0.2, 0.25) is 6.29 Å². The van der Waals surface area contributed by atoms with Crippen LogP contribution in [0, 0.1) is 5.92 Å². The van der Waals surface area contributed by atoms with Crippen LogP contribution in [0.15, 0.2) is 0 Å². The SMILES string of the molecule is CC(OC(=O)CC(=O)O)OC(=O)OCCC1CCCCC1. The Kier molecular flexibility index (Phi) is 7.56. The maximum absolute atomic E-state index is 11.3. The van der Waals surface area contributed by atoms with Crippen LogP contribution in [0.4, 0.5) is 4.79 Å². The first-order valence-electron chi connectivity index (χ1n) is 7.22. The summed E-state index contributed by atoms with van der Waals surface area (Å²) in [6.45, 7) is 1.60. The Morgan fingerprint density at radius 1 is 1.14 bits per heavy atom. The molecule has 120 valence electrons. The van der Waals surface area contributed by atoms with Crippen LogP contribution in [0.5, 0.6) is 0 Å². The maximum Gasteiger partial charge on any atom is 0.511 e. The minimum absolute atomic E-state index is 0.277. The molecule has 0 aromatic heterocycles. The molecule has 1 N–H and O–H groups in total. The van der Waals surface area contributed by atoms with Crippen LogP contribution in [-0.4, -0.2) is 36.1 Å². The molecule has 1 saturated carbocycles. The highest BCUT2D eigenvalue weighted by atomic mass is 16.8. The van der Waals surface area contributed by atoms with Crippen LogP contribution in [0.3, 0.4) is 0 Å². The lowest BCUT2D eigenvalue weighted by molar-refractivity contribution is -0.170. The van der Waals surface area contributed by atoms with Crippen molar-refractivity contribution in [1.82, 2.24) is 0 Å². The van der Waals surface area contributed by atoms with Gasteiger partial charge in [-0.25, -0.2) is 4.79 Å². The van der Waals surface area contributed by atoms with Gasteiger partial charge >= 0.3 is 18.1 Å². The summed E-state index contributed by atoms with van der Waals surface area (Å²) in [4.78, 5) is 32.6. The van der Waals surface area contributed by atoms with Crippen LogP contribution in [-0.2, 0) is 23.8 Å². The zero-order valence-electron chi connectivity index (χ0n) is 12.2. The summed E-state index contributed by atoms with van der Waals surface area (Å²) in [7, 11) is 0. The second-order valence-corrected chi connectivity index (χ2v) is 5.14. The molecule has 0 aliphatic heterocycles. The van der Waals surface area contributed by atoms with Crippen molar-refractivity contribution in [2.45, 2.75) is 58.2 Å².